The summed E-state index contributed by atoms with van der Waals surface area (Å²) in [5.41, 5.74) is 12.1. The maximum Gasteiger partial charge on any atom is 0.417 e. The molecule has 0 amide bonds. The van der Waals surface area contributed by atoms with E-state index in [1.807, 2.05) is 140 Å². The van der Waals surface area contributed by atoms with Crippen LogP contribution in [0.25, 0.3) is 111 Å². The maximum atomic E-state index is 15.4. The molecule has 12 aromatic rings. The van der Waals surface area contributed by atoms with Crippen LogP contribution in [0.15, 0.2) is 225 Å². The zero-order valence-corrected chi connectivity index (χ0v) is 35.3. The van der Waals surface area contributed by atoms with Crippen molar-refractivity contribution in [3.8, 4) is 67.3 Å². The van der Waals surface area contributed by atoms with Crippen LogP contribution in [0.4, 0.5) is 13.2 Å². The minimum absolute atomic E-state index is 0.0844. The number of hydrogen-bond donors (Lipinski definition) is 0. The van der Waals surface area contributed by atoms with E-state index in [4.69, 9.17) is 9.97 Å². The van der Waals surface area contributed by atoms with Crippen LogP contribution < -0.4 is 0 Å². The SMILES string of the molecule is FC(F)(F)c1ccccc1-c1c(-n2c3ccccc3c3ccc(-c4ccc(-c5ccccc5)nc4)cc32)cccc1-n1c2ccccc2c2ccc(-c3ccc(-c4ccccc4)nc3)cc21. The van der Waals surface area contributed by atoms with Gasteiger partial charge in [0.25, 0.3) is 0 Å². The molecule has 314 valence electrons. The molecule has 0 N–H and O–H groups in total. The molecule has 0 aliphatic heterocycles. The molecule has 0 radical (unpaired) electrons. The van der Waals surface area contributed by atoms with Gasteiger partial charge in [0.15, 0.2) is 0 Å². The number of benzene rings is 8. The van der Waals surface area contributed by atoms with Crippen molar-refractivity contribution >= 4 is 43.6 Å². The molecule has 0 unspecified atom stereocenters. The molecular formula is C59H37F3N4. The molecule has 7 heteroatoms. The zero-order valence-electron chi connectivity index (χ0n) is 35.3. The van der Waals surface area contributed by atoms with Crippen molar-refractivity contribution in [1.82, 2.24) is 19.1 Å². The Bertz CT molecular complexity index is 3560. The average Bonchev–Trinajstić information content (AvgIpc) is 3.88. The summed E-state index contributed by atoms with van der Waals surface area (Å²) in [5.74, 6) is 0. The average molecular weight is 859 g/mol. The highest BCUT2D eigenvalue weighted by Crippen LogP contribution is 2.46. The lowest BCUT2D eigenvalue weighted by Crippen LogP contribution is -2.10. The highest BCUT2D eigenvalue weighted by atomic mass is 19.4. The fourth-order valence-corrected chi connectivity index (χ4v) is 9.63. The zero-order chi connectivity index (χ0) is 44.4. The topological polar surface area (TPSA) is 35.6 Å². The van der Waals surface area contributed by atoms with Gasteiger partial charge in [0.2, 0.25) is 0 Å². The second-order valence-corrected chi connectivity index (χ2v) is 16.5. The van der Waals surface area contributed by atoms with Gasteiger partial charge in [0, 0.05) is 61.8 Å². The van der Waals surface area contributed by atoms with Gasteiger partial charge in [-0.05, 0) is 71.3 Å². The molecule has 66 heavy (non-hydrogen) atoms. The van der Waals surface area contributed by atoms with Gasteiger partial charge in [0.1, 0.15) is 0 Å². The van der Waals surface area contributed by atoms with Crippen LogP contribution in [0.5, 0.6) is 0 Å². The van der Waals surface area contributed by atoms with E-state index in [1.54, 1.807) is 12.1 Å². The first-order chi connectivity index (χ1) is 32.4. The van der Waals surface area contributed by atoms with Gasteiger partial charge >= 0.3 is 6.18 Å². The number of fused-ring (bicyclic) bond motifs is 6. The number of pyridine rings is 2. The quantitative estimate of drug-likeness (QED) is 0.160. The smallest absolute Gasteiger partial charge is 0.309 e. The summed E-state index contributed by atoms with van der Waals surface area (Å²) < 4.78 is 50.5. The summed E-state index contributed by atoms with van der Waals surface area (Å²) in [6.07, 6.45) is -0.876. The summed E-state index contributed by atoms with van der Waals surface area (Å²) in [7, 11) is 0. The van der Waals surface area contributed by atoms with Crippen LogP contribution in [0.2, 0.25) is 0 Å². The number of halogens is 3. The normalized spacial score (nSPS) is 11.9. The molecule has 0 aliphatic rings. The lowest BCUT2D eigenvalue weighted by Gasteiger charge is -2.22. The Hall–Kier alpha value is -8.55. The van der Waals surface area contributed by atoms with Crippen LogP contribution in [-0.4, -0.2) is 19.1 Å². The van der Waals surface area contributed by atoms with Crippen LogP contribution >= 0.6 is 0 Å². The molecule has 12 rings (SSSR count). The van der Waals surface area contributed by atoms with Crippen LogP contribution in [-0.2, 0) is 6.18 Å². The molecule has 0 spiro atoms. The highest BCUT2D eigenvalue weighted by molar-refractivity contribution is 6.13. The van der Waals surface area contributed by atoms with E-state index in [9.17, 15) is 0 Å². The third-order valence-electron chi connectivity index (χ3n) is 12.7. The van der Waals surface area contributed by atoms with Crippen molar-refractivity contribution in [1.29, 1.82) is 0 Å². The number of aromatic nitrogens is 4. The van der Waals surface area contributed by atoms with E-state index in [1.165, 1.54) is 12.1 Å². The molecule has 0 aliphatic carbocycles. The summed E-state index contributed by atoms with van der Waals surface area (Å²) in [4.78, 5) is 9.65. The van der Waals surface area contributed by atoms with Crippen molar-refractivity contribution in [2.75, 3.05) is 0 Å². The van der Waals surface area contributed by atoms with Crippen LogP contribution in [0.3, 0.4) is 0 Å². The van der Waals surface area contributed by atoms with Gasteiger partial charge in [0.05, 0.1) is 50.4 Å². The molecule has 8 aromatic carbocycles. The number of alkyl halides is 3. The van der Waals surface area contributed by atoms with E-state index < -0.39 is 11.7 Å². The van der Waals surface area contributed by atoms with Gasteiger partial charge in [-0.3, -0.25) is 9.97 Å². The molecular weight excluding hydrogens is 822 g/mol. The Kier molecular flexibility index (Phi) is 9.24. The predicted octanol–water partition coefficient (Wildman–Crippen LogP) is 16.0. The molecule has 0 bridgehead atoms. The second-order valence-electron chi connectivity index (χ2n) is 16.5. The standard InChI is InChI=1S/C59H37F3N4/c60-59(61,62)49-21-10-7-20-48(49)58-54(65-52-22-11-8-18-44(52)46-30-26-40(34-56(46)65)42-28-32-50(63-36-42)38-14-3-1-4-15-38)24-13-25-55(58)66-53-23-12-9-19-45(53)47-31-27-41(35-57(47)66)43-29-33-51(64-37-43)39-16-5-2-6-17-39/h1-37H. The van der Waals surface area contributed by atoms with E-state index in [0.717, 1.165) is 88.4 Å². The lowest BCUT2D eigenvalue weighted by atomic mass is 9.95. The summed E-state index contributed by atoms with van der Waals surface area (Å²) in [5, 5.41) is 3.95. The van der Waals surface area contributed by atoms with Gasteiger partial charge < -0.3 is 9.13 Å². The molecule has 0 saturated carbocycles. The summed E-state index contributed by atoms with van der Waals surface area (Å²) in [6.45, 7) is 0. The van der Waals surface area contributed by atoms with Crippen molar-refractivity contribution in [2.24, 2.45) is 0 Å². The Balaban J connectivity index is 1.12. The fraction of sp³-hybridized carbons (Fsp3) is 0.0169. The van der Waals surface area contributed by atoms with Crippen LogP contribution in [0.1, 0.15) is 5.56 Å². The number of rotatable bonds is 7. The number of nitrogens with zero attached hydrogens (tertiary/aromatic N) is 4. The van der Waals surface area contributed by atoms with E-state index in [2.05, 4.69) is 69.8 Å². The summed E-state index contributed by atoms with van der Waals surface area (Å²) >= 11 is 0. The number of hydrogen-bond acceptors (Lipinski definition) is 2. The fourth-order valence-electron chi connectivity index (χ4n) is 9.63. The van der Waals surface area contributed by atoms with Gasteiger partial charge in [-0.25, -0.2) is 0 Å². The molecule has 4 heterocycles. The van der Waals surface area contributed by atoms with Crippen molar-refractivity contribution in [2.45, 2.75) is 6.18 Å². The summed E-state index contributed by atoms with van der Waals surface area (Å²) in [6, 6.07) is 68.9. The molecule has 0 saturated heterocycles. The van der Waals surface area contributed by atoms with Gasteiger partial charge in [-0.1, -0.05) is 158 Å². The highest BCUT2D eigenvalue weighted by Gasteiger charge is 2.35. The monoisotopic (exact) mass is 858 g/mol. The Morgan fingerprint density at radius 1 is 0.333 bits per heavy atom. The van der Waals surface area contributed by atoms with Crippen LogP contribution in [0, 0.1) is 0 Å². The first-order valence-corrected chi connectivity index (χ1v) is 21.8. The van der Waals surface area contributed by atoms with Crippen molar-refractivity contribution < 1.29 is 13.2 Å². The first kappa shape index (κ1) is 39.1. The van der Waals surface area contributed by atoms with E-state index in [-0.39, 0.29) is 5.56 Å². The van der Waals surface area contributed by atoms with E-state index >= 15 is 13.2 Å². The Labute approximate surface area is 378 Å². The lowest BCUT2D eigenvalue weighted by molar-refractivity contribution is -0.137. The minimum atomic E-state index is -4.64. The third kappa shape index (κ3) is 6.55. The Morgan fingerprint density at radius 3 is 1.23 bits per heavy atom. The van der Waals surface area contributed by atoms with Gasteiger partial charge in [-0.2, -0.15) is 13.2 Å². The molecule has 4 aromatic heterocycles. The number of para-hydroxylation sites is 2. The third-order valence-corrected chi connectivity index (χ3v) is 12.7. The van der Waals surface area contributed by atoms with Gasteiger partial charge in [-0.15, -0.1) is 0 Å². The second kappa shape index (κ2) is 15.6. The van der Waals surface area contributed by atoms with Crippen molar-refractivity contribution in [3.05, 3.63) is 230 Å². The minimum Gasteiger partial charge on any atom is -0.309 e. The molecule has 0 fully saturated rings. The predicted molar refractivity (Wildman–Crippen MR) is 263 cm³/mol. The maximum absolute atomic E-state index is 15.4. The largest absolute Gasteiger partial charge is 0.417 e. The molecule has 0 atom stereocenters. The first-order valence-electron chi connectivity index (χ1n) is 21.8. The van der Waals surface area contributed by atoms with Crippen molar-refractivity contribution in [3.63, 3.8) is 0 Å². The molecule has 4 nitrogen and oxygen atoms in total. The van der Waals surface area contributed by atoms with E-state index in [0.29, 0.717) is 16.9 Å². The Morgan fingerprint density at radius 2 is 0.758 bits per heavy atom.